The molecular weight excluding hydrogens is 348 g/mol. The first-order valence-electron chi connectivity index (χ1n) is 8.37. The van der Waals surface area contributed by atoms with E-state index in [1.165, 1.54) is 0 Å². The minimum absolute atomic E-state index is 0.00257. The van der Waals surface area contributed by atoms with Gasteiger partial charge in [-0.05, 0) is 43.7 Å². The Balaban J connectivity index is 1.83. The number of nitrogens with zero attached hydrogens (tertiary/aromatic N) is 3. The number of hydrogen-bond donors (Lipinski definition) is 1. The van der Waals surface area contributed by atoms with E-state index in [-0.39, 0.29) is 12.1 Å². The van der Waals surface area contributed by atoms with Crippen LogP contribution in [0.15, 0.2) is 54.9 Å². The molecule has 0 saturated heterocycles. The summed E-state index contributed by atoms with van der Waals surface area (Å²) >= 11 is 5.98. The van der Waals surface area contributed by atoms with Gasteiger partial charge >= 0.3 is 0 Å². The van der Waals surface area contributed by atoms with Gasteiger partial charge in [-0.3, -0.25) is 4.98 Å². The lowest BCUT2D eigenvalue weighted by atomic mass is 10.0. The van der Waals surface area contributed by atoms with E-state index in [9.17, 15) is 0 Å². The summed E-state index contributed by atoms with van der Waals surface area (Å²) < 4.78 is 5.70. The van der Waals surface area contributed by atoms with Crippen molar-refractivity contribution in [1.29, 1.82) is 0 Å². The van der Waals surface area contributed by atoms with E-state index in [0.29, 0.717) is 10.8 Å². The van der Waals surface area contributed by atoms with Crippen LogP contribution < -0.4 is 5.32 Å². The summed E-state index contributed by atoms with van der Waals surface area (Å²) in [4.78, 5) is 13.3. The van der Waals surface area contributed by atoms with Gasteiger partial charge in [-0.1, -0.05) is 23.7 Å². The number of methoxy groups -OCH3 is 1. The Labute approximate surface area is 158 Å². The van der Waals surface area contributed by atoms with Gasteiger partial charge in [0.05, 0.1) is 6.04 Å². The van der Waals surface area contributed by atoms with Crippen LogP contribution in [0.4, 0.5) is 5.82 Å². The van der Waals surface area contributed by atoms with Crippen LogP contribution in [0.3, 0.4) is 0 Å². The third kappa shape index (κ3) is 4.36. The molecule has 2 unspecified atom stereocenters. The Morgan fingerprint density at radius 1 is 1.12 bits per heavy atom. The van der Waals surface area contributed by atoms with Crippen LogP contribution in [0.2, 0.25) is 5.02 Å². The average molecular weight is 369 g/mol. The number of hydrogen-bond acceptors (Lipinski definition) is 5. The minimum Gasteiger partial charge on any atom is -0.375 e. The van der Waals surface area contributed by atoms with Crippen LogP contribution >= 0.6 is 11.6 Å². The summed E-state index contributed by atoms with van der Waals surface area (Å²) in [5.41, 5.74) is 2.82. The van der Waals surface area contributed by atoms with Gasteiger partial charge in [0, 0.05) is 41.8 Å². The third-order valence-electron chi connectivity index (χ3n) is 4.06. The summed E-state index contributed by atoms with van der Waals surface area (Å²) in [5.74, 6) is 1.40. The van der Waals surface area contributed by atoms with Gasteiger partial charge in [-0.2, -0.15) is 0 Å². The molecule has 3 aromatic rings. The zero-order chi connectivity index (χ0) is 18.5. The van der Waals surface area contributed by atoms with E-state index in [1.54, 1.807) is 19.5 Å². The van der Waals surface area contributed by atoms with Gasteiger partial charge in [0.25, 0.3) is 0 Å². The Morgan fingerprint density at radius 2 is 1.88 bits per heavy atom. The maximum Gasteiger partial charge on any atom is 0.163 e. The van der Waals surface area contributed by atoms with Crippen molar-refractivity contribution in [3.63, 3.8) is 0 Å². The van der Waals surface area contributed by atoms with E-state index < -0.39 is 0 Å². The Morgan fingerprint density at radius 3 is 2.54 bits per heavy atom. The molecule has 0 bridgehead atoms. The minimum atomic E-state index is -0.135. The molecule has 1 N–H and O–H groups in total. The number of aryl methyl sites for hydroxylation is 1. The maximum absolute atomic E-state index is 5.98. The summed E-state index contributed by atoms with van der Waals surface area (Å²) in [6.45, 7) is 4.01. The largest absolute Gasteiger partial charge is 0.375 e. The molecule has 6 heteroatoms. The first kappa shape index (κ1) is 18.3. The molecule has 0 amide bonds. The second-order valence-corrected chi connectivity index (χ2v) is 6.54. The lowest BCUT2D eigenvalue weighted by Gasteiger charge is -2.25. The second-order valence-electron chi connectivity index (χ2n) is 6.10. The van der Waals surface area contributed by atoms with Crippen molar-refractivity contribution in [1.82, 2.24) is 15.0 Å². The van der Waals surface area contributed by atoms with Crippen LogP contribution in [0.5, 0.6) is 0 Å². The summed E-state index contributed by atoms with van der Waals surface area (Å²) in [6.07, 6.45) is 3.35. The number of anilines is 1. The average Bonchev–Trinajstić information content (AvgIpc) is 2.64. The number of rotatable bonds is 6. The van der Waals surface area contributed by atoms with Crippen molar-refractivity contribution in [2.75, 3.05) is 12.4 Å². The fraction of sp³-hybridized carbons (Fsp3) is 0.250. The molecule has 0 saturated carbocycles. The summed E-state index contributed by atoms with van der Waals surface area (Å²) in [7, 11) is 1.70. The van der Waals surface area contributed by atoms with Crippen molar-refractivity contribution in [3.8, 4) is 11.4 Å². The first-order valence-corrected chi connectivity index (χ1v) is 8.75. The highest BCUT2D eigenvalue weighted by molar-refractivity contribution is 6.30. The third-order valence-corrected chi connectivity index (χ3v) is 4.31. The normalized spacial score (nSPS) is 13.2. The van der Waals surface area contributed by atoms with Crippen LogP contribution in [-0.4, -0.2) is 28.1 Å². The number of benzene rings is 1. The SMILES string of the molecule is COC(c1ccc(Cl)cc1)C(C)Nc1cc(C)nc(-c2cccnc2)n1. The van der Waals surface area contributed by atoms with E-state index in [2.05, 4.69) is 27.2 Å². The van der Waals surface area contributed by atoms with E-state index >= 15 is 0 Å². The smallest absolute Gasteiger partial charge is 0.163 e. The molecule has 0 radical (unpaired) electrons. The number of nitrogens with one attached hydrogen (secondary N) is 1. The van der Waals surface area contributed by atoms with Crippen LogP contribution in [0, 0.1) is 6.92 Å². The predicted molar refractivity (Wildman–Crippen MR) is 104 cm³/mol. The predicted octanol–water partition coefficient (Wildman–Crippen LogP) is 4.69. The molecule has 2 aromatic heterocycles. The second kappa shape index (κ2) is 8.25. The van der Waals surface area contributed by atoms with Crippen molar-refractivity contribution >= 4 is 17.4 Å². The molecule has 2 heterocycles. The molecule has 0 spiro atoms. The van der Waals surface area contributed by atoms with Crippen molar-refractivity contribution in [2.24, 2.45) is 0 Å². The van der Waals surface area contributed by atoms with Crippen LogP contribution in [-0.2, 0) is 4.74 Å². The van der Waals surface area contributed by atoms with Gasteiger partial charge < -0.3 is 10.1 Å². The van der Waals surface area contributed by atoms with Crippen molar-refractivity contribution in [3.05, 3.63) is 71.1 Å². The lowest BCUT2D eigenvalue weighted by Crippen LogP contribution is -2.26. The molecule has 26 heavy (non-hydrogen) atoms. The standard InChI is InChI=1S/C20H21ClN4O/c1-13-11-18(25-20(23-13)16-5-4-10-22-12-16)24-14(2)19(26-3)15-6-8-17(21)9-7-15/h4-12,14,19H,1-3H3,(H,23,24,25). The molecule has 134 valence electrons. The van der Waals surface area contributed by atoms with E-state index in [0.717, 1.165) is 22.6 Å². The Bertz CT molecular complexity index is 855. The molecular formula is C20H21ClN4O. The van der Waals surface area contributed by atoms with Gasteiger partial charge in [-0.25, -0.2) is 9.97 Å². The van der Waals surface area contributed by atoms with Crippen molar-refractivity contribution < 1.29 is 4.74 Å². The fourth-order valence-electron chi connectivity index (χ4n) is 2.86. The Kier molecular flexibility index (Phi) is 5.81. The summed E-state index contributed by atoms with van der Waals surface area (Å²) in [6, 6.07) is 13.4. The van der Waals surface area contributed by atoms with Crippen LogP contribution in [0.1, 0.15) is 24.3 Å². The zero-order valence-electron chi connectivity index (χ0n) is 15.0. The molecule has 2 atom stereocenters. The zero-order valence-corrected chi connectivity index (χ0v) is 15.7. The number of aromatic nitrogens is 3. The topological polar surface area (TPSA) is 59.9 Å². The molecule has 0 aliphatic rings. The lowest BCUT2D eigenvalue weighted by molar-refractivity contribution is 0.0907. The quantitative estimate of drug-likeness (QED) is 0.684. The number of halogens is 1. The molecule has 1 aromatic carbocycles. The van der Waals surface area contributed by atoms with Gasteiger partial charge in [-0.15, -0.1) is 0 Å². The highest BCUT2D eigenvalue weighted by Crippen LogP contribution is 2.25. The molecule has 0 aliphatic carbocycles. The highest BCUT2D eigenvalue weighted by Gasteiger charge is 2.19. The fourth-order valence-corrected chi connectivity index (χ4v) is 2.98. The van der Waals surface area contributed by atoms with Gasteiger partial charge in [0.1, 0.15) is 11.9 Å². The summed E-state index contributed by atoms with van der Waals surface area (Å²) in [5, 5.41) is 4.13. The van der Waals surface area contributed by atoms with E-state index in [4.69, 9.17) is 16.3 Å². The van der Waals surface area contributed by atoms with Gasteiger partial charge in [0.2, 0.25) is 0 Å². The monoisotopic (exact) mass is 368 g/mol. The van der Waals surface area contributed by atoms with E-state index in [1.807, 2.05) is 49.4 Å². The molecule has 0 fully saturated rings. The number of ether oxygens (including phenoxy) is 1. The molecule has 0 aliphatic heterocycles. The Hall–Kier alpha value is -2.50. The first-order chi connectivity index (χ1) is 12.6. The van der Waals surface area contributed by atoms with Crippen molar-refractivity contribution in [2.45, 2.75) is 26.0 Å². The maximum atomic E-state index is 5.98. The molecule has 3 rings (SSSR count). The molecule has 5 nitrogen and oxygen atoms in total. The van der Waals surface area contributed by atoms with Gasteiger partial charge in [0.15, 0.2) is 5.82 Å². The highest BCUT2D eigenvalue weighted by atomic mass is 35.5. The number of pyridine rings is 1. The van der Waals surface area contributed by atoms with Crippen LogP contribution in [0.25, 0.3) is 11.4 Å².